The molecular formula is C14H24N2O. The van der Waals surface area contributed by atoms with Gasteiger partial charge in [0.1, 0.15) is 0 Å². The molecular weight excluding hydrogens is 212 g/mol. The quantitative estimate of drug-likeness (QED) is 0.853. The molecule has 3 nitrogen and oxygen atoms in total. The van der Waals surface area contributed by atoms with Gasteiger partial charge in [-0.25, -0.2) is 0 Å². The van der Waals surface area contributed by atoms with E-state index in [1.807, 2.05) is 33.2 Å². The van der Waals surface area contributed by atoms with E-state index in [0.717, 1.165) is 24.1 Å². The largest absolute Gasteiger partial charge is 0.386 e. The van der Waals surface area contributed by atoms with E-state index in [-0.39, 0.29) is 5.54 Å². The van der Waals surface area contributed by atoms with Crippen molar-refractivity contribution in [3.8, 4) is 0 Å². The van der Waals surface area contributed by atoms with Crippen molar-refractivity contribution in [2.24, 2.45) is 0 Å². The van der Waals surface area contributed by atoms with Crippen LogP contribution in [0.15, 0.2) is 18.3 Å². The normalized spacial score (nSPS) is 14.1. The number of aliphatic hydroxyl groups excluding tert-OH is 1. The molecule has 1 heterocycles. The summed E-state index contributed by atoms with van der Waals surface area (Å²) >= 11 is 0. The molecule has 1 rings (SSSR count). The van der Waals surface area contributed by atoms with Gasteiger partial charge in [-0.3, -0.25) is 4.98 Å². The number of aliphatic hydroxyl groups is 1. The van der Waals surface area contributed by atoms with Crippen LogP contribution in [0.4, 0.5) is 0 Å². The standard InChI is InChI=1S/C14H24N2O/c1-6-14(7-2,16(4)5)13(17)12-9-8-11(3)15-10-12/h8-10,13,17H,6-7H2,1-5H3. The number of hydrogen-bond donors (Lipinski definition) is 1. The highest BCUT2D eigenvalue weighted by atomic mass is 16.3. The van der Waals surface area contributed by atoms with E-state index in [1.54, 1.807) is 6.20 Å². The molecule has 17 heavy (non-hydrogen) atoms. The molecule has 1 atom stereocenters. The van der Waals surface area contributed by atoms with Crippen molar-refractivity contribution < 1.29 is 5.11 Å². The predicted octanol–water partition coefficient (Wildman–Crippen LogP) is 2.54. The smallest absolute Gasteiger partial charge is 0.0988 e. The molecule has 0 aromatic carbocycles. The molecule has 96 valence electrons. The molecule has 0 aliphatic heterocycles. The molecule has 0 saturated heterocycles. The van der Waals surface area contributed by atoms with Gasteiger partial charge in [0.15, 0.2) is 0 Å². The zero-order chi connectivity index (χ0) is 13.1. The number of nitrogens with zero attached hydrogens (tertiary/aromatic N) is 2. The maximum absolute atomic E-state index is 10.6. The van der Waals surface area contributed by atoms with Crippen LogP contribution in [0.1, 0.15) is 44.1 Å². The first-order valence-corrected chi connectivity index (χ1v) is 6.26. The average Bonchev–Trinajstić information content (AvgIpc) is 2.31. The van der Waals surface area contributed by atoms with Crippen molar-refractivity contribution in [2.45, 2.75) is 45.3 Å². The van der Waals surface area contributed by atoms with Crippen LogP contribution in [0.25, 0.3) is 0 Å². The van der Waals surface area contributed by atoms with E-state index in [4.69, 9.17) is 0 Å². The summed E-state index contributed by atoms with van der Waals surface area (Å²) in [6, 6.07) is 3.92. The third kappa shape index (κ3) is 2.67. The van der Waals surface area contributed by atoms with Crippen LogP contribution in [0, 0.1) is 6.92 Å². The summed E-state index contributed by atoms with van der Waals surface area (Å²) in [7, 11) is 4.05. The number of likely N-dealkylation sites (N-methyl/N-ethyl adjacent to an activating group) is 1. The molecule has 1 aromatic rings. The first kappa shape index (κ1) is 14.1. The summed E-state index contributed by atoms with van der Waals surface area (Å²) in [6.45, 7) is 6.19. The molecule has 0 radical (unpaired) electrons. The maximum Gasteiger partial charge on any atom is 0.0988 e. The van der Waals surface area contributed by atoms with Gasteiger partial charge >= 0.3 is 0 Å². The first-order chi connectivity index (χ1) is 7.97. The van der Waals surface area contributed by atoms with E-state index < -0.39 is 6.10 Å². The Morgan fingerprint density at radius 2 is 1.88 bits per heavy atom. The van der Waals surface area contributed by atoms with E-state index in [2.05, 4.69) is 23.7 Å². The van der Waals surface area contributed by atoms with Crippen molar-refractivity contribution in [1.29, 1.82) is 0 Å². The van der Waals surface area contributed by atoms with Crippen LogP contribution < -0.4 is 0 Å². The van der Waals surface area contributed by atoms with Gasteiger partial charge in [-0.2, -0.15) is 0 Å². The van der Waals surface area contributed by atoms with Gasteiger partial charge < -0.3 is 10.0 Å². The second-order valence-electron chi connectivity index (χ2n) is 4.84. The van der Waals surface area contributed by atoms with Crippen LogP contribution in [-0.4, -0.2) is 34.6 Å². The lowest BCUT2D eigenvalue weighted by Crippen LogP contribution is -2.48. The molecule has 0 aliphatic rings. The third-order valence-corrected chi connectivity index (χ3v) is 3.87. The number of rotatable bonds is 5. The fourth-order valence-electron chi connectivity index (χ4n) is 2.46. The Morgan fingerprint density at radius 3 is 2.24 bits per heavy atom. The first-order valence-electron chi connectivity index (χ1n) is 6.26. The SMILES string of the molecule is CCC(CC)(C(O)c1ccc(C)nc1)N(C)C. The molecule has 0 spiro atoms. The lowest BCUT2D eigenvalue weighted by molar-refractivity contribution is -0.0151. The molecule has 1 N–H and O–H groups in total. The molecule has 0 saturated carbocycles. The lowest BCUT2D eigenvalue weighted by Gasteiger charge is -2.42. The zero-order valence-electron chi connectivity index (χ0n) is 11.6. The molecule has 0 aliphatic carbocycles. The van der Waals surface area contributed by atoms with Crippen LogP contribution in [-0.2, 0) is 0 Å². The molecule has 0 bridgehead atoms. The highest BCUT2D eigenvalue weighted by Crippen LogP contribution is 2.35. The Kier molecular flexibility index (Phi) is 4.66. The Balaban J connectivity index is 3.07. The minimum absolute atomic E-state index is 0.211. The monoisotopic (exact) mass is 236 g/mol. The highest BCUT2D eigenvalue weighted by molar-refractivity contribution is 5.20. The van der Waals surface area contributed by atoms with Crippen molar-refractivity contribution >= 4 is 0 Å². The third-order valence-electron chi connectivity index (χ3n) is 3.87. The van der Waals surface area contributed by atoms with Crippen molar-refractivity contribution in [2.75, 3.05) is 14.1 Å². The van der Waals surface area contributed by atoms with Crippen LogP contribution in [0.5, 0.6) is 0 Å². The zero-order valence-corrected chi connectivity index (χ0v) is 11.6. The molecule has 0 amide bonds. The van der Waals surface area contributed by atoms with Gasteiger partial charge in [0.25, 0.3) is 0 Å². The van der Waals surface area contributed by atoms with Crippen molar-refractivity contribution in [1.82, 2.24) is 9.88 Å². The second-order valence-corrected chi connectivity index (χ2v) is 4.84. The van der Waals surface area contributed by atoms with Gasteiger partial charge in [-0.1, -0.05) is 19.9 Å². The summed E-state index contributed by atoms with van der Waals surface area (Å²) in [6.07, 6.45) is 3.10. The van der Waals surface area contributed by atoms with E-state index in [1.165, 1.54) is 0 Å². The Bertz CT molecular complexity index is 342. The Morgan fingerprint density at radius 1 is 1.29 bits per heavy atom. The number of aromatic nitrogens is 1. The van der Waals surface area contributed by atoms with Crippen molar-refractivity contribution in [3.05, 3.63) is 29.6 Å². The van der Waals surface area contributed by atoms with Gasteiger partial charge in [0.2, 0.25) is 0 Å². The highest BCUT2D eigenvalue weighted by Gasteiger charge is 2.37. The maximum atomic E-state index is 10.6. The lowest BCUT2D eigenvalue weighted by atomic mass is 9.82. The topological polar surface area (TPSA) is 36.4 Å². The predicted molar refractivity (Wildman–Crippen MR) is 70.9 cm³/mol. The van der Waals surface area contributed by atoms with Crippen molar-refractivity contribution in [3.63, 3.8) is 0 Å². The molecule has 0 fully saturated rings. The summed E-state index contributed by atoms with van der Waals surface area (Å²) in [5.74, 6) is 0. The number of pyridine rings is 1. The van der Waals surface area contributed by atoms with E-state index >= 15 is 0 Å². The van der Waals surface area contributed by atoms with Gasteiger partial charge in [-0.05, 0) is 39.9 Å². The molecule has 1 aromatic heterocycles. The van der Waals surface area contributed by atoms with Crippen LogP contribution in [0.3, 0.4) is 0 Å². The minimum atomic E-state index is -0.499. The molecule has 1 unspecified atom stereocenters. The number of hydrogen-bond acceptors (Lipinski definition) is 3. The van der Waals surface area contributed by atoms with E-state index in [9.17, 15) is 5.11 Å². The van der Waals surface area contributed by atoms with Gasteiger partial charge in [0, 0.05) is 17.5 Å². The van der Waals surface area contributed by atoms with Gasteiger partial charge in [-0.15, -0.1) is 0 Å². The number of aryl methyl sites for hydroxylation is 1. The summed E-state index contributed by atoms with van der Waals surface area (Å²) in [4.78, 5) is 6.39. The Hall–Kier alpha value is -0.930. The minimum Gasteiger partial charge on any atom is -0.386 e. The summed E-state index contributed by atoms with van der Waals surface area (Å²) in [5.41, 5.74) is 1.66. The summed E-state index contributed by atoms with van der Waals surface area (Å²) < 4.78 is 0. The van der Waals surface area contributed by atoms with Crippen LogP contribution >= 0.6 is 0 Å². The Labute approximate surface area is 104 Å². The molecule has 3 heteroatoms. The average molecular weight is 236 g/mol. The fourth-order valence-corrected chi connectivity index (χ4v) is 2.46. The summed E-state index contributed by atoms with van der Waals surface area (Å²) in [5, 5.41) is 10.6. The van der Waals surface area contributed by atoms with E-state index in [0.29, 0.717) is 0 Å². The fraction of sp³-hybridized carbons (Fsp3) is 0.643. The van der Waals surface area contributed by atoms with Gasteiger partial charge in [0.05, 0.1) is 11.6 Å². The second kappa shape index (κ2) is 5.61. The van der Waals surface area contributed by atoms with Crippen LogP contribution in [0.2, 0.25) is 0 Å².